The van der Waals surface area contributed by atoms with Gasteiger partial charge in [0.15, 0.2) is 12.3 Å². The first kappa shape index (κ1) is 55.9. The summed E-state index contributed by atoms with van der Waals surface area (Å²) in [5.41, 5.74) is 0. The molecule has 72 valence electrons. The fourth-order valence-corrected chi connectivity index (χ4v) is 0. The summed E-state index contributed by atoms with van der Waals surface area (Å²) in [6.07, 6.45) is 0. The average Bonchev–Trinajstić information content (AvgIpc) is 1.78. The molecule has 0 aromatic heterocycles. The monoisotopic (exact) mass is 246 g/mol. The Morgan fingerprint density at radius 1 is 1.09 bits per heavy atom. The minimum absolute atomic E-state index is 0. The summed E-state index contributed by atoms with van der Waals surface area (Å²) in [6, 6.07) is 0. The molecule has 7 nitrogen and oxygen atoms in total. The molecule has 11 heavy (non-hydrogen) atoms. The molecular formula is CH11FeNaO7S. The molecule has 0 heterocycles. The van der Waals surface area contributed by atoms with Crippen LogP contribution in [0.2, 0.25) is 0 Å². The van der Waals surface area contributed by atoms with Crippen molar-refractivity contribution in [1.82, 2.24) is 0 Å². The van der Waals surface area contributed by atoms with Gasteiger partial charge in [-0.15, -0.1) is 0 Å². The van der Waals surface area contributed by atoms with E-state index in [0.717, 1.165) is 0 Å². The third kappa shape index (κ3) is 579. The Balaban J connectivity index is -0.00000000281. The second-order valence-corrected chi connectivity index (χ2v) is 0.245. The van der Waals surface area contributed by atoms with E-state index in [1.54, 1.807) is 0 Å². The Morgan fingerprint density at radius 3 is 1.09 bits per heavy atom. The molecule has 0 fully saturated rings. The third-order valence-corrected chi connectivity index (χ3v) is 0. The number of hydrogen-bond donors (Lipinski definition) is 4. The molecule has 0 aromatic carbocycles. The van der Waals surface area contributed by atoms with E-state index < -0.39 is 0 Å². The molecule has 8 N–H and O–H groups in total. The van der Waals surface area contributed by atoms with Crippen LogP contribution in [-0.4, -0.2) is 37.4 Å². The van der Waals surface area contributed by atoms with Crippen LogP contribution in [0.3, 0.4) is 0 Å². The molecule has 0 bridgehead atoms. The molecule has 0 rings (SSSR count). The van der Waals surface area contributed by atoms with Gasteiger partial charge in [-0.05, 0) is 0 Å². The van der Waals surface area contributed by atoms with Gasteiger partial charge in [-0.1, -0.05) is 0 Å². The summed E-state index contributed by atoms with van der Waals surface area (Å²) in [6.45, 7) is 2.00. The van der Waals surface area contributed by atoms with Gasteiger partial charge in [0.05, 0.1) is 0 Å². The Labute approximate surface area is 102 Å². The number of carbonyl (C=O) groups excluding carboxylic acids is 1. The van der Waals surface area contributed by atoms with E-state index in [0.29, 0.717) is 0 Å². The van der Waals surface area contributed by atoms with Crippen LogP contribution < -0.4 is 29.6 Å². The van der Waals surface area contributed by atoms with Gasteiger partial charge in [-0.3, -0.25) is 10.5 Å². The van der Waals surface area contributed by atoms with Crippen molar-refractivity contribution < 1.29 is 83.4 Å². The van der Waals surface area contributed by atoms with Crippen LogP contribution in [0.1, 0.15) is 1.43 Å². The van der Waals surface area contributed by atoms with E-state index in [9.17, 15) is 0 Å². The van der Waals surface area contributed by atoms with Crippen LogP contribution in [0.5, 0.6) is 0 Å². The first-order chi connectivity index (χ1) is 3.41. The van der Waals surface area contributed by atoms with E-state index in [4.69, 9.17) is 24.4 Å². The molecule has 0 amide bonds. The van der Waals surface area contributed by atoms with E-state index in [2.05, 4.69) is 0 Å². The third-order valence-electron chi connectivity index (χ3n) is 0. The first-order valence-corrected chi connectivity index (χ1v) is 1.58. The minimum atomic E-state index is -0.250. The SMILES string of the molecule is C=O.O.O.OO.OSO.[Fe].[H-].[Na+]. The zero-order valence-corrected chi connectivity index (χ0v) is 9.59. The zero-order chi connectivity index (χ0) is 6.71. The molecule has 0 saturated heterocycles. The maximum absolute atomic E-state index is 8.00. The number of carbonyl (C=O) groups is 1. The smallest absolute Gasteiger partial charge is 1.00 e. The van der Waals surface area contributed by atoms with Gasteiger partial charge in [0.25, 0.3) is 0 Å². The van der Waals surface area contributed by atoms with Gasteiger partial charge in [-0.25, -0.2) is 0 Å². The van der Waals surface area contributed by atoms with E-state index in [1.165, 1.54) is 0 Å². The first-order valence-electron chi connectivity index (χ1n) is 0.854. The fraction of sp³-hybridized carbons (Fsp3) is 0. The fourth-order valence-electron chi connectivity index (χ4n) is 0. The summed E-state index contributed by atoms with van der Waals surface area (Å²) < 4.78 is 14.1. The molecule has 0 atom stereocenters. The van der Waals surface area contributed by atoms with E-state index in [-0.39, 0.29) is 71.3 Å². The molecule has 10 heteroatoms. The largest absolute Gasteiger partial charge is 1.00 e. The Kier molecular flexibility index (Phi) is 1150. The molecule has 0 aliphatic carbocycles. The summed E-state index contributed by atoms with van der Waals surface area (Å²) >= 11 is -0.250. The molecule has 0 aliphatic rings. The number of rotatable bonds is 0. The predicted molar refractivity (Wildman–Crippen MR) is 33.6 cm³/mol. The Morgan fingerprint density at radius 2 is 1.09 bits per heavy atom. The van der Waals surface area contributed by atoms with Crippen molar-refractivity contribution in [2.45, 2.75) is 0 Å². The van der Waals surface area contributed by atoms with Crippen LogP contribution >= 0.6 is 12.3 Å². The second kappa shape index (κ2) is 227. The van der Waals surface area contributed by atoms with Gasteiger partial charge >= 0.3 is 29.6 Å². The van der Waals surface area contributed by atoms with Crippen LogP contribution in [0.15, 0.2) is 0 Å². The summed E-state index contributed by atoms with van der Waals surface area (Å²) in [5, 5.41) is 12.0. The van der Waals surface area contributed by atoms with Crippen LogP contribution in [0.25, 0.3) is 0 Å². The van der Waals surface area contributed by atoms with Crippen molar-refractivity contribution in [2.24, 2.45) is 0 Å². The van der Waals surface area contributed by atoms with Gasteiger partial charge in [0.1, 0.15) is 6.79 Å². The second-order valence-electron chi connectivity index (χ2n) is 0.0816. The Hall–Kier alpha value is 1.30. The molecule has 0 aliphatic heterocycles. The minimum Gasteiger partial charge on any atom is -1.00 e. The number of hydrogen-bond acceptors (Lipinski definition) is 6. The zero-order valence-electron chi connectivity index (χ0n) is 6.67. The Bertz CT molecular complexity index is 27.4. The van der Waals surface area contributed by atoms with Gasteiger partial charge in [-0.2, -0.15) is 0 Å². The molecule has 0 aromatic rings. The topological polar surface area (TPSA) is 161 Å². The van der Waals surface area contributed by atoms with Crippen LogP contribution in [0.4, 0.5) is 0 Å². The van der Waals surface area contributed by atoms with Crippen molar-refractivity contribution in [3.05, 3.63) is 0 Å². The molecule has 0 radical (unpaired) electrons. The van der Waals surface area contributed by atoms with Crippen molar-refractivity contribution >= 4 is 19.1 Å². The van der Waals surface area contributed by atoms with E-state index in [1.807, 2.05) is 6.79 Å². The van der Waals surface area contributed by atoms with Crippen molar-refractivity contribution in [1.29, 1.82) is 0 Å². The summed E-state index contributed by atoms with van der Waals surface area (Å²) in [4.78, 5) is 8.00. The standard InChI is InChI=1S/CH2O.Fe.Na.H2O2S.H2O2.2H2O.H/c1-2;;;1-3-2;1-2;;;/h1H2;;;1-2H;1-2H;2*1H2;/q;;+1;;;;;-1. The van der Waals surface area contributed by atoms with Crippen molar-refractivity contribution in [3.8, 4) is 0 Å². The molecule has 0 spiro atoms. The summed E-state index contributed by atoms with van der Waals surface area (Å²) in [5.74, 6) is 0. The maximum atomic E-state index is 8.00. The normalized spacial score (nSPS) is 2.55. The van der Waals surface area contributed by atoms with Gasteiger partial charge in [0, 0.05) is 17.1 Å². The van der Waals surface area contributed by atoms with Crippen molar-refractivity contribution in [2.75, 3.05) is 0 Å². The van der Waals surface area contributed by atoms with Crippen LogP contribution in [0, 0.1) is 0 Å². The van der Waals surface area contributed by atoms with Gasteiger partial charge < -0.3 is 26.3 Å². The maximum Gasteiger partial charge on any atom is 1.00 e. The molecule has 0 unspecified atom stereocenters. The van der Waals surface area contributed by atoms with Crippen molar-refractivity contribution in [3.63, 3.8) is 0 Å². The van der Waals surface area contributed by atoms with Gasteiger partial charge in [0.2, 0.25) is 0 Å². The predicted octanol–water partition coefficient (Wildman–Crippen LogP) is -4.04. The summed E-state index contributed by atoms with van der Waals surface area (Å²) in [7, 11) is 0. The quantitative estimate of drug-likeness (QED) is 0.147. The van der Waals surface area contributed by atoms with E-state index >= 15 is 0 Å². The molecular weight excluding hydrogens is 235 g/mol. The molecule has 0 saturated carbocycles. The average molecular weight is 246 g/mol. The van der Waals surface area contributed by atoms with Crippen LogP contribution in [-0.2, 0) is 21.9 Å².